The zero-order chi connectivity index (χ0) is 5.11. The number of rotatable bonds is 1. The van der Waals surface area contributed by atoms with Gasteiger partial charge >= 0.3 is 51.4 Å². The fourth-order valence-corrected chi connectivity index (χ4v) is 0.319. The predicted molar refractivity (Wildman–Crippen MR) is 24.1 cm³/mol. The first kappa shape index (κ1) is 8.65. The van der Waals surface area contributed by atoms with Crippen molar-refractivity contribution in [2.45, 2.75) is 0 Å². The van der Waals surface area contributed by atoms with Crippen molar-refractivity contribution < 1.29 is 56.1 Å². The van der Waals surface area contributed by atoms with Crippen LogP contribution in [0.4, 0.5) is 0 Å². The summed E-state index contributed by atoms with van der Waals surface area (Å²) in [6.07, 6.45) is 3.11. The normalized spacial score (nSPS) is 7.62. The Bertz CT molecular complexity index is 129. The molecule has 0 N–H and O–H groups in total. The van der Waals surface area contributed by atoms with E-state index in [9.17, 15) is 0 Å². The van der Waals surface area contributed by atoms with Gasteiger partial charge in [-0.2, -0.15) is 0 Å². The molecule has 0 spiro atoms. The average Bonchev–Trinajstić information content (AvgIpc) is 2.14. The second-order valence-corrected chi connectivity index (χ2v) is 1.10. The summed E-state index contributed by atoms with van der Waals surface area (Å²) < 4.78 is 4.73. The summed E-state index contributed by atoms with van der Waals surface area (Å²) in [4.78, 5) is 0. The van der Waals surface area contributed by atoms with Gasteiger partial charge in [0, 0.05) is 6.20 Å². The number of hydrogen-bond acceptors (Lipinski definition) is 2. The first-order valence-corrected chi connectivity index (χ1v) is 1.91. The second-order valence-electron chi connectivity index (χ2n) is 1.10. The molecule has 0 atom stereocenters. The van der Waals surface area contributed by atoms with Gasteiger partial charge < -0.3 is 14.9 Å². The molecule has 0 saturated carbocycles. The third-order valence-corrected chi connectivity index (χ3v) is 0.672. The number of nitrogens with zero attached hydrogens (tertiary/aromatic N) is 2. The topological polar surface area (TPSA) is 36.2 Å². The summed E-state index contributed by atoms with van der Waals surface area (Å²) in [6.45, 7) is 0. The SMILES string of the molecule is COc1cn[n-]c1.[K+]. The largest absolute Gasteiger partial charge is 1.00 e. The number of methoxy groups -OCH3 is 1. The minimum absolute atomic E-state index is 0. The molecule has 0 aromatic carbocycles. The molecule has 0 radical (unpaired) electrons. The van der Waals surface area contributed by atoms with Crippen LogP contribution in [0.1, 0.15) is 0 Å². The van der Waals surface area contributed by atoms with Gasteiger partial charge in [-0.3, -0.25) is 0 Å². The minimum Gasteiger partial charge on any atom is -0.579 e. The molecule has 8 heavy (non-hydrogen) atoms. The Labute approximate surface area is 90.2 Å². The van der Waals surface area contributed by atoms with E-state index in [1.165, 1.54) is 0 Å². The van der Waals surface area contributed by atoms with E-state index in [1.54, 1.807) is 19.5 Å². The molecule has 1 heterocycles. The van der Waals surface area contributed by atoms with E-state index < -0.39 is 0 Å². The van der Waals surface area contributed by atoms with Crippen LogP contribution in [0.25, 0.3) is 0 Å². The van der Waals surface area contributed by atoms with E-state index in [-0.39, 0.29) is 51.4 Å². The van der Waals surface area contributed by atoms with Gasteiger partial charge in [-0.05, 0) is 0 Å². The third kappa shape index (κ3) is 2.28. The maximum absolute atomic E-state index is 4.73. The molecule has 3 nitrogen and oxygen atoms in total. The fourth-order valence-electron chi connectivity index (χ4n) is 0.319. The standard InChI is InChI=1S/C4H5N2O.K/c1-7-4-2-5-6-3-4;/h2-3H,1H3;/q-1;+1. The smallest absolute Gasteiger partial charge is 0.579 e. The number of aromatic nitrogens is 2. The van der Waals surface area contributed by atoms with Crippen LogP contribution in [-0.4, -0.2) is 12.2 Å². The Morgan fingerprint density at radius 1 is 1.75 bits per heavy atom. The molecule has 0 aliphatic carbocycles. The summed E-state index contributed by atoms with van der Waals surface area (Å²) in [5.41, 5.74) is 0. The van der Waals surface area contributed by atoms with Gasteiger partial charge in [-0.15, -0.1) is 6.20 Å². The van der Waals surface area contributed by atoms with Crippen molar-refractivity contribution >= 4 is 0 Å². The van der Waals surface area contributed by atoms with Crippen LogP contribution in [0.3, 0.4) is 0 Å². The van der Waals surface area contributed by atoms with Crippen LogP contribution in [0.2, 0.25) is 0 Å². The molecule has 0 bridgehead atoms. The minimum atomic E-state index is 0. The molecule has 0 unspecified atom stereocenters. The average molecular weight is 136 g/mol. The van der Waals surface area contributed by atoms with Gasteiger partial charge in [-0.25, -0.2) is 0 Å². The summed E-state index contributed by atoms with van der Waals surface area (Å²) in [5.74, 6) is 0.708. The summed E-state index contributed by atoms with van der Waals surface area (Å²) in [7, 11) is 1.58. The van der Waals surface area contributed by atoms with E-state index >= 15 is 0 Å². The molecule has 0 saturated heterocycles. The van der Waals surface area contributed by atoms with E-state index in [4.69, 9.17) is 4.74 Å². The van der Waals surface area contributed by atoms with Gasteiger partial charge in [0.15, 0.2) is 0 Å². The van der Waals surface area contributed by atoms with Gasteiger partial charge in [0.25, 0.3) is 0 Å². The molecule has 1 aromatic rings. The van der Waals surface area contributed by atoms with Crippen LogP contribution in [-0.2, 0) is 0 Å². The Morgan fingerprint density at radius 2 is 2.50 bits per heavy atom. The molecule has 1 rings (SSSR count). The quantitative estimate of drug-likeness (QED) is 0.387. The second kappa shape index (κ2) is 4.52. The van der Waals surface area contributed by atoms with Crippen molar-refractivity contribution in [1.29, 1.82) is 0 Å². The van der Waals surface area contributed by atoms with Gasteiger partial charge in [0.2, 0.25) is 0 Å². The van der Waals surface area contributed by atoms with E-state index in [0.29, 0.717) is 5.75 Å². The molecule has 0 aliphatic heterocycles. The molecule has 0 amide bonds. The maximum atomic E-state index is 4.73. The Morgan fingerprint density at radius 3 is 2.75 bits per heavy atom. The number of ether oxygens (including phenoxy) is 1. The van der Waals surface area contributed by atoms with Gasteiger partial charge in [-0.1, -0.05) is 0 Å². The van der Waals surface area contributed by atoms with Crippen molar-refractivity contribution in [1.82, 2.24) is 10.2 Å². The predicted octanol–water partition coefficient (Wildman–Crippen LogP) is -2.95. The fraction of sp³-hybridized carbons (Fsp3) is 0.250. The molecular formula is C4H5KN2O. The van der Waals surface area contributed by atoms with Crippen LogP contribution in [0.15, 0.2) is 12.4 Å². The molecule has 0 aliphatic rings. The van der Waals surface area contributed by atoms with Gasteiger partial charge in [0.05, 0.1) is 7.11 Å². The molecule has 4 heteroatoms. The third-order valence-electron chi connectivity index (χ3n) is 0.672. The van der Waals surface area contributed by atoms with Crippen molar-refractivity contribution in [2.75, 3.05) is 7.11 Å². The van der Waals surface area contributed by atoms with Gasteiger partial charge in [0.1, 0.15) is 5.75 Å². The van der Waals surface area contributed by atoms with E-state index in [0.717, 1.165) is 0 Å². The monoisotopic (exact) mass is 136 g/mol. The number of hydrogen-bond donors (Lipinski definition) is 0. The van der Waals surface area contributed by atoms with E-state index in [1.807, 2.05) is 0 Å². The maximum Gasteiger partial charge on any atom is 1.00 e. The van der Waals surface area contributed by atoms with E-state index in [2.05, 4.69) is 10.2 Å². The Kier molecular flexibility index (Phi) is 4.88. The van der Waals surface area contributed by atoms with Crippen molar-refractivity contribution in [3.05, 3.63) is 12.4 Å². The van der Waals surface area contributed by atoms with Crippen LogP contribution < -0.4 is 61.2 Å². The first-order chi connectivity index (χ1) is 3.43. The van der Waals surface area contributed by atoms with Crippen molar-refractivity contribution in [3.8, 4) is 5.75 Å². The van der Waals surface area contributed by atoms with Crippen molar-refractivity contribution in [3.63, 3.8) is 0 Å². The molecule has 1 aromatic heterocycles. The molecular weight excluding hydrogens is 131 g/mol. The Balaban J connectivity index is 0.000000490. The Hall–Kier alpha value is 0.646. The summed E-state index contributed by atoms with van der Waals surface area (Å²) in [6, 6.07) is 0. The van der Waals surface area contributed by atoms with Crippen LogP contribution in [0, 0.1) is 0 Å². The first-order valence-electron chi connectivity index (χ1n) is 1.91. The molecule has 0 fully saturated rings. The van der Waals surface area contributed by atoms with Crippen LogP contribution >= 0.6 is 0 Å². The zero-order valence-corrected chi connectivity index (χ0v) is 8.08. The zero-order valence-electron chi connectivity index (χ0n) is 4.96. The summed E-state index contributed by atoms with van der Waals surface area (Å²) >= 11 is 0. The molecule has 38 valence electrons. The van der Waals surface area contributed by atoms with Crippen LogP contribution in [0.5, 0.6) is 5.75 Å². The van der Waals surface area contributed by atoms with Crippen molar-refractivity contribution in [2.24, 2.45) is 0 Å². The summed E-state index contributed by atoms with van der Waals surface area (Å²) in [5, 5.41) is 7.04.